The number of ether oxygens (including phenoxy) is 2. The van der Waals surface area contributed by atoms with E-state index in [4.69, 9.17) is 9.47 Å². The number of hydrogen-bond donors (Lipinski definition) is 0. The molecule has 8 nitrogen and oxygen atoms in total. The Morgan fingerprint density at radius 3 is 2.52 bits per heavy atom. The summed E-state index contributed by atoms with van der Waals surface area (Å²) in [6.45, 7) is 5.09. The third kappa shape index (κ3) is 4.18. The number of hydrogen-bond acceptors (Lipinski definition) is 7. The van der Waals surface area contributed by atoms with Gasteiger partial charge in [-0.05, 0) is 47.2 Å². The van der Waals surface area contributed by atoms with E-state index in [1.165, 1.54) is 0 Å². The van der Waals surface area contributed by atoms with Crippen LogP contribution in [0, 0.1) is 0 Å². The molecule has 8 heteroatoms. The molecule has 0 unspecified atom stereocenters. The van der Waals surface area contributed by atoms with Gasteiger partial charge in [-0.3, -0.25) is 4.90 Å². The lowest BCUT2D eigenvalue weighted by atomic mass is 10.0. The van der Waals surface area contributed by atoms with Crippen LogP contribution in [-0.4, -0.2) is 64.0 Å². The van der Waals surface area contributed by atoms with E-state index in [-0.39, 0.29) is 12.0 Å². The lowest BCUT2D eigenvalue weighted by molar-refractivity contribution is 0.0220. The first kappa shape index (κ1) is 19.2. The molecule has 0 bridgehead atoms. The minimum Gasteiger partial charge on any atom is -0.462 e. The monoisotopic (exact) mass is 393 g/mol. The molecule has 150 valence electrons. The standard InChI is InChI=1S/C21H23N5O3/c1-2-29-21(27)17-8-10-18(11-9-17)26-20(22-23-24-26)19(16-6-4-3-5-7-16)25-12-14-28-15-13-25/h3-11,19H,2,12-15H2,1H3/t19-/m0/s1. The van der Waals surface area contributed by atoms with Gasteiger partial charge in [-0.1, -0.05) is 30.3 Å². The van der Waals surface area contributed by atoms with Crippen molar-refractivity contribution in [1.29, 1.82) is 0 Å². The first-order chi connectivity index (χ1) is 14.3. The first-order valence-electron chi connectivity index (χ1n) is 9.70. The van der Waals surface area contributed by atoms with Crippen molar-refractivity contribution in [2.24, 2.45) is 0 Å². The molecule has 29 heavy (non-hydrogen) atoms. The molecule has 4 rings (SSSR count). The van der Waals surface area contributed by atoms with Gasteiger partial charge < -0.3 is 9.47 Å². The molecule has 0 N–H and O–H groups in total. The molecule has 1 aliphatic rings. The van der Waals surface area contributed by atoms with Crippen LogP contribution < -0.4 is 0 Å². The summed E-state index contributed by atoms with van der Waals surface area (Å²) >= 11 is 0. The fourth-order valence-corrected chi connectivity index (χ4v) is 3.50. The van der Waals surface area contributed by atoms with Crippen LogP contribution in [-0.2, 0) is 9.47 Å². The van der Waals surface area contributed by atoms with Crippen molar-refractivity contribution < 1.29 is 14.3 Å². The quantitative estimate of drug-likeness (QED) is 0.594. The van der Waals surface area contributed by atoms with Gasteiger partial charge in [0.2, 0.25) is 0 Å². The van der Waals surface area contributed by atoms with Crippen molar-refractivity contribution in [1.82, 2.24) is 25.1 Å². The van der Waals surface area contributed by atoms with Crippen molar-refractivity contribution in [3.8, 4) is 5.69 Å². The molecule has 2 heterocycles. The highest BCUT2D eigenvalue weighted by atomic mass is 16.5. The van der Waals surface area contributed by atoms with Crippen molar-refractivity contribution in [3.05, 3.63) is 71.5 Å². The molecule has 1 atom stereocenters. The summed E-state index contributed by atoms with van der Waals surface area (Å²) in [5.41, 5.74) is 2.40. The number of carbonyl (C=O) groups is 1. The zero-order valence-electron chi connectivity index (χ0n) is 16.3. The summed E-state index contributed by atoms with van der Waals surface area (Å²) in [6, 6.07) is 17.2. The largest absolute Gasteiger partial charge is 0.462 e. The number of morpholine rings is 1. The van der Waals surface area contributed by atoms with Gasteiger partial charge in [0.25, 0.3) is 0 Å². The Hall–Kier alpha value is -3.10. The van der Waals surface area contributed by atoms with E-state index in [2.05, 4.69) is 32.6 Å². The fraction of sp³-hybridized carbons (Fsp3) is 0.333. The number of tetrazole rings is 1. The van der Waals surface area contributed by atoms with Crippen LogP contribution in [0.5, 0.6) is 0 Å². The van der Waals surface area contributed by atoms with E-state index in [0.717, 1.165) is 30.2 Å². The van der Waals surface area contributed by atoms with Gasteiger partial charge in [-0.2, -0.15) is 4.68 Å². The Morgan fingerprint density at radius 1 is 1.10 bits per heavy atom. The Balaban J connectivity index is 1.69. The maximum Gasteiger partial charge on any atom is 0.338 e. The zero-order chi connectivity index (χ0) is 20.1. The van der Waals surface area contributed by atoms with Crippen molar-refractivity contribution in [2.45, 2.75) is 13.0 Å². The molecule has 0 spiro atoms. The van der Waals surface area contributed by atoms with E-state index in [0.29, 0.717) is 25.4 Å². The number of nitrogens with zero attached hydrogens (tertiary/aromatic N) is 5. The van der Waals surface area contributed by atoms with Gasteiger partial charge in [0.05, 0.1) is 37.1 Å². The van der Waals surface area contributed by atoms with Gasteiger partial charge >= 0.3 is 5.97 Å². The van der Waals surface area contributed by atoms with Gasteiger partial charge in [-0.25, -0.2) is 4.79 Å². The molecule has 1 aromatic heterocycles. The lowest BCUT2D eigenvalue weighted by Gasteiger charge is -2.33. The highest BCUT2D eigenvalue weighted by molar-refractivity contribution is 5.89. The average molecular weight is 393 g/mol. The highest BCUT2D eigenvalue weighted by Gasteiger charge is 2.29. The molecule has 0 aliphatic carbocycles. The number of carbonyl (C=O) groups excluding carboxylic acids is 1. The van der Waals surface area contributed by atoms with Gasteiger partial charge in [0.15, 0.2) is 5.82 Å². The van der Waals surface area contributed by atoms with E-state index in [9.17, 15) is 4.79 Å². The van der Waals surface area contributed by atoms with E-state index < -0.39 is 0 Å². The van der Waals surface area contributed by atoms with Crippen LogP contribution in [0.15, 0.2) is 54.6 Å². The second kappa shape index (κ2) is 8.93. The summed E-state index contributed by atoms with van der Waals surface area (Å²) in [6.07, 6.45) is 0. The van der Waals surface area contributed by atoms with Crippen LogP contribution in [0.3, 0.4) is 0 Å². The van der Waals surface area contributed by atoms with Crippen LogP contribution in [0.2, 0.25) is 0 Å². The highest BCUT2D eigenvalue weighted by Crippen LogP contribution is 2.29. The van der Waals surface area contributed by atoms with Crippen LogP contribution in [0.4, 0.5) is 0 Å². The van der Waals surface area contributed by atoms with Crippen molar-refractivity contribution in [2.75, 3.05) is 32.9 Å². The number of esters is 1. The summed E-state index contributed by atoms with van der Waals surface area (Å²) in [5.74, 6) is 0.383. The Morgan fingerprint density at radius 2 is 1.83 bits per heavy atom. The predicted octanol–water partition coefficient (Wildman–Crippen LogP) is 2.26. The molecule has 2 aromatic carbocycles. The molecule has 1 aliphatic heterocycles. The third-order valence-corrected chi connectivity index (χ3v) is 4.89. The first-order valence-corrected chi connectivity index (χ1v) is 9.70. The summed E-state index contributed by atoms with van der Waals surface area (Å²) < 4.78 is 12.3. The molecule has 1 saturated heterocycles. The predicted molar refractivity (Wildman–Crippen MR) is 106 cm³/mol. The maximum atomic E-state index is 11.9. The molecule has 1 fully saturated rings. The molecule has 3 aromatic rings. The van der Waals surface area contributed by atoms with Crippen LogP contribution >= 0.6 is 0 Å². The van der Waals surface area contributed by atoms with E-state index in [1.54, 1.807) is 23.7 Å². The molecule has 0 saturated carbocycles. The second-order valence-electron chi connectivity index (χ2n) is 6.68. The van der Waals surface area contributed by atoms with Crippen molar-refractivity contribution in [3.63, 3.8) is 0 Å². The van der Waals surface area contributed by atoms with Crippen molar-refractivity contribution >= 4 is 5.97 Å². The van der Waals surface area contributed by atoms with Gasteiger partial charge in [0.1, 0.15) is 0 Å². The molecule has 0 amide bonds. The summed E-state index contributed by atoms with van der Waals surface area (Å²) in [7, 11) is 0. The summed E-state index contributed by atoms with van der Waals surface area (Å²) in [4.78, 5) is 14.2. The minimum absolute atomic E-state index is 0.0974. The molecular formula is C21H23N5O3. The third-order valence-electron chi connectivity index (χ3n) is 4.89. The average Bonchev–Trinajstić information content (AvgIpc) is 3.25. The zero-order valence-corrected chi connectivity index (χ0v) is 16.3. The lowest BCUT2D eigenvalue weighted by Crippen LogP contribution is -2.40. The van der Waals surface area contributed by atoms with E-state index in [1.807, 2.05) is 30.3 Å². The SMILES string of the molecule is CCOC(=O)c1ccc(-n2nnnc2[C@H](c2ccccc2)N2CCOCC2)cc1. The molecule has 0 radical (unpaired) electrons. The summed E-state index contributed by atoms with van der Waals surface area (Å²) in [5, 5.41) is 12.5. The smallest absolute Gasteiger partial charge is 0.338 e. The van der Waals surface area contributed by atoms with Crippen LogP contribution in [0.1, 0.15) is 34.7 Å². The minimum atomic E-state index is -0.341. The number of aromatic nitrogens is 4. The Kier molecular flexibility index (Phi) is 5.92. The van der Waals surface area contributed by atoms with Gasteiger partial charge in [-0.15, -0.1) is 5.10 Å². The molecular weight excluding hydrogens is 370 g/mol. The number of benzene rings is 2. The second-order valence-corrected chi connectivity index (χ2v) is 6.68. The maximum absolute atomic E-state index is 11.9. The van der Waals surface area contributed by atoms with Crippen LogP contribution in [0.25, 0.3) is 5.69 Å². The topological polar surface area (TPSA) is 82.4 Å². The normalized spacial score (nSPS) is 15.8. The van der Waals surface area contributed by atoms with E-state index >= 15 is 0 Å². The number of rotatable bonds is 6. The van der Waals surface area contributed by atoms with Gasteiger partial charge in [0, 0.05) is 13.1 Å². The Bertz CT molecular complexity index is 936. The fourth-order valence-electron chi connectivity index (χ4n) is 3.50. The Labute approximate surface area is 169 Å².